The van der Waals surface area contributed by atoms with Crippen LogP contribution in [0, 0.1) is 0 Å². The molecule has 2 aliphatic rings. The molecular formula is C12H18N2S. The minimum Gasteiger partial charge on any atom is -0.314 e. The maximum absolute atomic E-state index is 3.40. The largest absolute Gasteiger partial charge is 0.314 e. The first-order valence-electron chi connectivity index (χ1n) is 5.95. The summed E-state index contributed by atoms with van der Waals surface area (Å²) in [6.07, 6.45) is 4.05. The Labute approximate surface area is 95.3 Å². The Kier molecular flexibility index (Phi) is 2.77. The van der Waals surface area contributed by atoms with Crippen molar-refractivity contribution >= 4 is 11.3 Å². The van der Waals surface area contributed by atoms with Gasteiger partial charge in [-0.25, -0.2) is 0 Å². The zero-order chi connectivity index (χ0) is 10.1. The fraction of sp³-hybridized carbons (Fsp3) is 0.667. The molecular weight excluding hydrogens is 204 g/mol. The van der Waals surface area contributed by atoms with E-state index in [1.54, 1.807) is 15.3 Å². The van der Waals surface area contributed by atoms with E-state index in [4.69, 9.17) is 0 Å². The van der Waals surface area contributed by atoms with Gasteiger partial charge in [-0.1, -0.05) is 0 Å². The molecule has 0 aromatic carbocycles. The SMILES string of the molecule is c1c(CN2CCNCC2)sc2c1CCC2. The molecule has 3 heteroatoms. The summed E-state index contributed by atoms with van der Waals surface area (Å²) in [6.45, 7) is 5.92. The van der Waals surface area contributed by atoms with Crippen LogP contribution >= 0.6 is 11.3 Å². The summed E-state index contributed by atoms with van der Waals surface area (Å²) in [4.78, 5) is 5.82. The Morgan fingerprint density at radius 3 is 2.93 bits per heavy atom. The quantitative estimate of drug-likeness (QED) is 0.818. The van der Waals surface area contributed by atoms with Gasteiger partial charge in [0.05, 0.1) is 0 Å². The molecule has 1 aliphatic carbocycles. The van der Waals surface area contributed by atoms with Gasteiger partial charge >= 0.3 is 0 Å². The molecule has 0 bridgehead atoms. The van der Waals surface area contributed by atoms with Gasteiger partial charge in [0.2, 0.25) is 0 Å². The van der Waals surface area contributed by atoms with E-state index in [0.29, 0.717) is 0 Å². The molecule has 82 valence electrons. The molecule has 1 N–H and O–H groups in total. The van der Waals surface area contributed by atoms with Crippen molar-refractivity contribution in [2.45, 2.75) is 25.8 Å². The van der Waals surface area contributed by atoms with Crippen molar-refractivity contribution < 1.29 is 0 Å². The monoisotopic (exact) mass is 222 g/mol. The smallest absolute Gasteiger partial charge is 0.0329 e. The van der Waals surface area contributed by atoms with Crippen LogP contribution in [0.3, 0.4) is 0 Å². The topological polar surface area (TPSA) is 15.3 Å². The number of thiophene rings is 1. The van der Waals surface area contributed by atoms with Crippen molar-refractivity contribution in [1.29, 1.82) is 0 Å². The van der Waals surface area contributed by atoms with Crippen LogP contribution in [0.1, 0.15) is 21.7 Å². The van der Waals surface area contributed by atoms with Gasteiger partial charge in [0.15, 0.2) is 0 Å². The van der Waals surface area contributed by atoms with Crippen molar-refractivity contribution in [3.8, 4) is 0 Å². The molecule has 0 amide bonds. The highest BCUT2D eigenvalue weighted by Crippen LogP contribution is 2.31. The highest BCUT2D eigenvalue weighted by atomic mass is 32.1. The number of piperazine rings is 1. The predicted octanol–water partition coefficient (Wildman–Crippen LogP) is 1.64. The summed E-state index contributed by atoms with van der Waals surface area (Å²) < 4.78 is 0. The summed E-state index contributed by atoms with van der Waals surface area (Å²) >= 11 is 2.05. The lowest BCUT2D eigenvalue weighted by molar-refractivity contribution is 0.235. The van der Waals surface area contributed by atoms with Gasteiger partial charge in [-0.2, -0.15) is 0 Å². The van der Waals surface area contributed by atoms with Gasteiger partial charge in [-0.15, -0.1) is 11.3 Å². The van der Waals surface area contributed by atoms with E-state index in [-0.39, 0.29) is 0 Å². The van der Waals surface area contributed by atoms with E-state index >= 15 is 0 Å². The first kappa shape index (κ1) is 9.82. The molecule has 1 aliphatic heterocycles. The van der Waals surface area contributed by atoms with Crippen molar-refractivity contribution in [1.82, 2.24) is 10.2 Å². The highest BCUT2D eigenvalue weighted by molar-refractivity contribution is 7.12. The van der Waals surface area contributed by atoms with Gasteiger partial charge in [0.1, 0.15) is 0 Å². The predicted molar refractivity (Wildman–Crippen MR) is 64.5 cm³/mol. The number of aryl methyl sites for hydroxylation is 2. The van der Waals surface area contributed by atoms with Crippen LogP contribution in [-0.4, -0.2) is 31.1 Å². The molecule has 1 saturated heterocycles. The van der Waals surface area contributed by atoms with Crippen LogP contribution < -0.4 is 5.32 Å². The summed E-state index contributed by atoms with van der Waals surface area (Å²) in [5.74, 6) is 0. The van der Waals surface area contributed by atoms with Crippen molar-refractivity contribution in [2.24, 2.45) is 0 Å². The number of rotatable bonds is 2. The second kappa shape index (κ2) is 4.24. The maximum Gasteiger partial charge on any atom is 0.0329 e. The summed E-state index contributed by atoms with van der Waals surface area (Å²) in [5, 5.41) is 3.40. The van der Waals surface area contributed by atoms with Crippen LogP contribution in [0.5, 0.6) is 0 Å². The van der Waals surface area contributed by atoms with E-state index in [2.05, 4.69) is 27.6 Å². The highest BCUT2D eigenvalue weighted by Gasteiger charge is 2.17. The summed E-state index contributed by atoms with van der Waals surface area (Å²) in [7, 11) is 0. The van der Waals surface area contributed by atoms with Gasteiger partial charge in [0, 0.05) is 42.5 Å². The summed E-state index contributed by atoms with van der Waals surface area (Å²) in [5.41, 5.74) is 1.64. The first-order chi connectivity index (χ1) is 7.42. The number of fused-ring (bicyclic) bond motifs is 1. The lowest BCUT2D eigenvalue weighted by Gasteiger charge is -2.26. The lowest BCUT2D eigenvalue weighted by Crippen LogP contribution is -2.42. The molecule has 0 unspecified atom stereocenters. The second-order valence-electron chi connectivity index (χ2n) is 4.54. The van der Waals surface area contributed by atoms with Crippen molar-refractivity contribution in [3.63, 3.8) is 0 Å². The third-order valence-electron chi connectivity index (χ3n) is 3.39. The molecule has 2 nitrogen and oxygen atoms in total. The molecule has 1 fully saturated rings. The average Bonchev–Trinajstić information content (AvgIpc) is 2.79. The molecule has 0 spiro atoms. The lowest BCUT2D eigenvalue weighted by atomic mass is 10.2. The number of nitrogens with one attached hydrogen (secondary N) is 1. The van der Waals surface area contributed by atoms with Gasteiger partial charge in [0.25, 0.3) is 0 Å². The molecule has 1 aromatic heterocycles. The molecule has 0 atom stereocenters. The Morgan fingerprint density at radius 1 is 1.27 bits per heavy atom. The standard InChI is InChI=1S/C12H18N2S/c1-2-10-8-11(15-12(10)3-1)9-14-6-4-13-5-7-14/h8,13H,1-7,9H2. The Hall–Kier alpha value is -0.380. The number of hydrogen-bond donors (Lipinski definition) is 1. The third kappa shape index (κ3) is 2.10. The van der Waals surface area contributed by atoms with Crippen LogP contribution in [0.25, 0.3) is 0 Å². The zero-order valence-electron chi connectivity index (χ0n) is 9.09. The second-order valence-corrected chi connectivity index (χ2v) is 5.76. The zero-order valence-corrected chi connectivity index (χ0v) is 9.91. The van der Waals surface area contributed by atoms with E-state index in [1.165, 1.54) is 38.9 Å². The fourth-order valence-corrected chi connectivity index (χ4v) is 3.86. The minimum absolute atomic E-state index is 1.16. The summed E-state index contributed by atoms with van der Waals surface area (Å²) in [6, 6.07) is 2.45. The third-order valence-corrected chi connectivity index (χ3v) is 4.61. The normalized spacial score (nSPS) is 21.9. The van der Waals surface area contributed by atoms with Crippen LogP contribution in [0.2, 0.25) is 0 Å². The van der Waals surface area contributed by atoms with Crippen molar-refractivity contribution in [2.75, 3.05) is 26.2 Å². The van der Waals surface area contributed by atoms with Gasteiger partial charge < -0.3 is 5.32 Å². The Morgan fingerprint density at radius 2 is 2.13 bits per heavy atom. The molecule has 15 heavy (non-hydrogen) atoms. The number of hydrogen-bond acceptors (Lipinski definition) is 3. The average molecular weight is 222 g/mol. The van der Waals surface area contributed by atoms with Crippen LogP contribution in [-0.2, 0) is 19.4 Å². The molecule has 1 aromatic rings. The van der Waals surface area contributed by atoms with E-state index in [9.17, 15) is 0 Å². The van der Waals surface area contributed by atoms with E-state index < -0.39 is 0 Å². The van der Waals surface area contributed by atoms with E-state index in [0.717, 1.165) is 13.1 Å². The Bertz CT molecular complexity index is 318. The molecule has 0 saturated carbocycles. The fourth-order valence-electron chi connectivity index (χ4n) is 2.56. The number of nitrogens with zero attached hydrogens (tertiary/aromatic N) is 1. The molecule has 3 rings (SSSR count). The van der Waals surface area contributed by atoms with Crippen LogP contribution in [0.4, 0.5) is 0 Å². The van der Waals surface area contributed by atoms with Crippen LogP contribution in [0.15, 0.2) is 6.07 Å². The Balaban J connectivity index is 1.66. The van der Waals surface area contributed by atoms with Gasteiger partial charge in [-0.05, 0) is 30.9 Å². The van der Waals surface area contributed by atoms with E-state index in [1.807, 2.05) is 0 Å². The maximum atomic E-state index is 3.40. The first-order valence-corrected chi connectivity index (χ1v) is 6.77. The molecule has 0 radical (unpaired) electrons. The van der Waals surface area contributed by atoms with Crippen molar-refractivity contribution in [3.05, 3.63) is 21.4 Å². The molecule has 2 heterocycles. The van der Waals surface area contributed by atoms with Gasteiger partial charge in [-0.3, -0.25) is 4.90 Å². The minimum atomic E-state index is 1.16.